The molecular formula is C9H6O5. The van der Waals surface area contributed by atoms with Crippen LogP contribution in [0.4, 0.5) is 0 Å². The van der Waals surface area contributed by atoms with Crippen molar-refractivity contribution in [1.29, 1.82) is 0 Å². The van der Waals surface area contributed by atoms with Gasteiger partial charge in [0.25, 0.3) is 5.78 Å². The van der Waals surface area contributed by atoms with Crippen molar-refractivity contribution < 1.29 is 24.5 Å². The zero-order valence-corrected chi connectivity index (χ0v) is 7.02. The van der Waals surface area contributed by atoms with Gasteiger partial charge in [0.05, 0.1) is 0 Å². The zero-order chi connectivity index (χ0) is 10.1. The smallest absolute Gasteiger partial charge is 0.377 e. The van der Waals surface area contributed by atoms with Crippen molar-refractivity contribution in [2.45, 2.75) is 6.61 Å². The molecule has 14 heavy (non-hydrogen) atoms. The van der Waals surface area contributed by atoms with Gasteiger partial charge in [-0.25, -0.2) is 4.79 Å². The van der Waals surface area contributed by atoms with Crippen molar-refractivity contribution in [2.75, 3.05) is 0 Å². The molecule has 0 fully saturated rings. The fraction of sp³-hybridized carbons (Fsp3) is 0.111. The number of ketones is 1. The molecule has 0 aliphatic carbocycles. The van der Waals surface area contributed by atoms with Gasteiger partial charge in [0.15, 0.2) is 5.75 Å². The van der Waals surface area contributed by atoms with Crippen molar-refractivity contribution in [3.63, 3.8) is 0 Å². The molecule has 1 N–H and O–H groups in total. The lowest BCUT2D eigenvalue weighted by atomic mass is 10.1. The summed E-state index contributed by atoms with van der Waals surface area (Å²) in [6.45, 7) is 0.316. The van der Waals surface area contributed by atoms with E-state index in [9.17, 15) is 9.59 Å². The second-order valence-corrected chi connectivity index (χ2v) is 2.80. The van der Waals surface area contributed by atoms with E-state index in [0.29, 0.717) is 12.4 Å². The largest absolute Gasteiger partial charge is 0.475 e. The van der Waals surface area contributed by atoms with Gasteiger partial charge in [-0.2, -0.15) is 4.89 Å². The number of carbonyl (C=O) groups excluding carboxylic acids is 1. The van der Waals surface area contributed by atoms with Gasteiger partial charge < -0.3 is 9.99 Å². The summed E-state index contributed by atoms with van der Waals surface area (Å²) in [5, 5.41) is 8.46. The maximum atomic E-state index is 11.0. The molecule has 0 bridgehead atoms. The number of carboxylic acid groups (broad SMARTS) is 1. The fourth-order valence-electron chi connectivity index (χ4n) is 1.17. The van der Waals surface area contributed by atoms with Gasteiger partial charge in [0.1, 0.15) is 6.61 Å². The Morgan fingerprint density at radius 1 is 1.36 bits per heavy atom. The number of carboxylic acids is 1. The molecule has 5 heteroatoms. The number of hydrogen-bond acceptors (Lipinski definition) is 4. The number of hydrogen-bond donors (Lipinski definition) is 1. The van der Waals surface area contributed by atoms with Gasteiger partial charge in [0.2, 0.25) is 0 Å². The van der Waals surface area contributed by atoms with Crippen LogP contribution in [0.25, 0.3) is 0 Å². The standard InChI is InChI=1S/C9H6O5/c10-8(9(11)12)5-1-2-6-4-13-14-7(6)3-5/h1-3H,4H2,(H,11,12). The summed E-state index contributed by atoms with van der Waals surface area (Å²) in [5.41, 5.74) is 0.883. The molecule has 1 heterocycles. The number of benzene rings is 1. The average Bonchev–Trinajstić information content (AvgIpc) is 2.62. The summed E-state index contributed by atoms with van der Waals surface area (Å²) in [4.78, 5) is 30.8. The zero-order valence-electron chi connectivity index (χ0n) is 7.02. The Labute approximate surface area is 78.8 Å². The van der Waals surface area contributed by atoms with Gasteiger partial charge >= 0.3 is 5.97 Å². The molecule has 72 valence electrons. The first-order valence-electron chi connectivity index (χ1n) is 3.88. The van der Waals surface area contributed by atoms with Crippen LogP contribution >= 0.6 is 0 Å². The monoisotopic (exact) mass is 194 g/mol. The number of rotatable bonds is 2. The SMILES string of the molecule is O=C(O)C(=O)c1ccc2c(c1)OOC2. The van der Waals surface area contributed by atoms with Gasteiger partial charge in [-0.3, -0.25) is 4.79 Å². The Kier molecular flexibility index (Phi) is 1.94. The normalized spacial score (nSPS) is 13.1. The Hall–Kier alpha value is -1.88. The molecule has 0 aromatic heterocycles. The van der Waals surface area contributed by atoms with Crippen LogP contribution in [0.5, 0.6) is 5.75 Å². The molecule has 1 aromatic rings. The molecule has 0 saturated heterocycles. The molecule has 1 aromatic carbocycles. The summed E-state index contributed by atoms with van der Waals surface area (Å²) in [6, 6.07) is 4.41. The van der Waals surface area contributed by atoms with E-state index < -0.39 is 11.8 Å². The molecule has 0 amide bonds. The predicted molar refractivity (Wildman–Crippen MR) is 43.8 cm³/mol. The first kappa shape index (κ1) is 8.71. The van der Waals surface area contributed by atoms with E-state index in [1.54, 1.807) is 6.07 Å². The number of fused-ring (bicyclic) bond motifs is 1. The Bertz CT molecular complexity index is 410. The molecular weight excluding hydrogens is 188 g/mol. The molecule has 0 spiro atoms. The van der Waals surface area contributed by atoms with E-state index in [1.807, 2.05) is 0 Å². The van der Waals surface area contributed by atoms with Crippen molar-refractivity contribution in [2.24, 2.45) is 0 Å². The molecule has 0 atom stereocenters. The third-order valence-corrected chi connectivity index (χ3v) is 1.89. The Morgan fingerprint density at radius 3 is 2.86 bits per heavy atom. The topological polar surface area (TPSA) is 72.8 Å². The fourth-order valence-corrected chi connectivity index (χ4v) is 1.17. The second-order valence-electron chi connectivity index (χ2n) is 2.80. The first-order valence-corrected chi connectivity index (χ1v) is 3.88. The van der Waals surface area contributed by atoms with Crippen LogP contribution in [-0.4, -0.2) is 16.9 Å². The molecule has 2 rings (SSSR count). The van der Waals surface area contributed by atoms with Gasteiger partial charge in [-0.15, -0.1) is 0 Å². The highest BCUT2D eigenvalue weighted by Gasteiger charge is 2.19. The van der Waals surface area contributed by atoms with Crippen molar-refractivity contribution >= 4 is 11.8 Å². The van der Waals surface area contributed by atoms with Crippen LogP contribution in [0, 0.1) is 0 Å². The van der Waals surface area contributed by atoms with Crippen LogP contribution in [0.2, 0.25) is 0 Å². The number of carbonyl (C=O) groups is 2. The maximum absolute atomic E-state index is 11.0. The predicted octanol–water partition coefficient (Wildman–Crippen LogP) is 0.778. The Balaban J connectivity index is 2.38. The highest BCUT2D eigenvalue weighted by molar-refractivity contribution is 6.39. The van der Waals surface area contributed by atoms with E-state index >= 15 is 0 Å². The van der Waals surface area contributed by atoms with Crippen molar-refractivity contribution in [3.05, 3.63) is 29.3 Å². The van der Waals surface area contributed by atoms with Crippen LogP contribution in [-0.2, 0) is 16.3 Å². The molecule has 1 aliphatic heterocycles. The minimum atomic E-state index is -1.48. The molecule has 0 unspecified atom stereocenters. The van der Waals surface area contributed by atoms with Gasteiger partial charge in [0, 0.05) is 11.1 Å². The lowest BCUT2D eigenvalue weighted by molar-refractivity contribution is -0.194. The number of Topliss-reactive ketones (excluding diaryl/α,β-unsaturated/α-hetero) is 1. The second kappa shape index (κ2) is 3.12. The van der Waals surface area contributed by atoms with Crippen LogP contribution in [0.1, 0.15) is 15.9 Å². The quantitative estimate of drug-likeness (QED) is 0.427. The minimum Gasteiger partial charge on any atom is -0.475 e. The molecule has 0 radical (unpaired) electrons. The summed E-state index contributed by atoms with van der Waals surface area (Å²) < 4.78 is 0. The Morgan fingerprint density at radius 2 is 2.14 bits per heavy atom. The van der Waals surface area contributed by atoms with Crippen LogP contribution in [0.3, 0.4) is 0 Å². The minimum absolute atomic E-state index is 0.0850. The summed E-state index contributed by atoms with van der Waals surface area (Å²) >= 11 is 0. The lowest BCUT2D eigenvalue weighted by Crippen LogP contribution is -2.12. The van der Waals surface area contributed by atoms with E-state index in [1.165, 1.54) is 12.1 Å². The van der Waals surface area contributed by atoms with E-state index in [-0.39, 0.29) is 5.56 Å². The van der Waals surface area contributed by atoms with Crippen molar-refractivity contribution in [3.8, 4) is 5.75 Å². The maximum Gasteiger partial charge on any atom is 0.377 e. The van der Waals surface area contributed by atoms with Gasteiger partial charge in [-0.1, -0.05) is 12.1 Å². The summed E-state index contributed by atoms with van der Waals surface area (Å²) in [5.74, 6) is -2.04. The van der Waals surface area contributed by atoms with Crippen LogP contribution in [0.15, 0.2) is 18.2 Å². The average molecular weight is 194 g/mol. The van der Waals surface area contributed by atoms with E-state index in [4.69, 9.17) is 9.99 Å². The highest BCUT2D eigenvalue weighted by atomic mass is 17.2. The third-order valence-electron chi connectivity index (χ3n) is 1.89. The summed E-state index contributed by atoms with van der Waals surface area (Å²) in [7, 11) is 0. The number of aliphatic carboxylic acids is 1. The molecule has 0 saturated carbocycles. The van der Waals surface area contributed by atoms with E-state index in [2.05, 4.69) is 4.89 Å². The third kappa shape index (κ3) is 1.33. The lowest BCUT2D eigenvalue weighted by Gasteiger charge is -1.97. The van der Waals surface area contributed by atoms with E-state index in [0.717, 1.165) is 5.56 Å². The van der Waals surface area contributed by atoms with Crippen molar-refractivity contribution in [1.82, 2.24) is 0 Å². The molecule has 5 nitrogen and oxygen atoms in total. The molecule has 1 aliphatic rings. The first-order chi connectivity index (χ1) is 6.68. The highest BCUT2D eigenvalue weighted by Crippen LogP contribution is 2.26. The van der Waals surface area contributed by atoms with Gasteiger partial charge in [-0.05, 0) is 6.07 Å². The summed E-state index contributed by atoms with van der Waals surface area (Å²) in [6.07, 6.45) is 0. The van der Waals surface area contributed by atoms with Crippen LogP contribution < -0.4 is 4.89 Å².